The van der Waals surface area contributed by atoms with Gasteiger partial charge in [-0.1, -0.05) is 12.1 Å². The minimum absolute atomic E-state index is 0.226. The molecule has 3 nitrogen and oxygen atoms in total. The fraction of sp³-hybridized carbons (Fsp3) is 0.118. The van der Waals surface area contributed by atoms with Crippen LogP contribution in [0.25, 0.3) is 21.8 Å². The fourth-order valence-corrected chi connectivity index (χ4v) is 3.04. The molecule has 0 saturated heterocycles. The van der Waals surface area contributed by atoms with Crippen LogP contribution in [0.5, 0.6) is 11.5 Å². The van der Waals surface area contributed by atoms with E-state index in [0.717, 1.165) is 27.6 Å². The van der Waals surface area contributed by atoms with Crippen molar-refractivity contribution >= 4 is 11.3 Å². The number of hydrogen-bond donors (Lipinski definition) is 0. The largest absolute Gasteiger partial charge is 0.496 e. The molecule has 0 fully saturated rings. The van der Waals surface area contributed by atoms with Crippen molar-refractivity contribution in [3.05, 3.63) is 53.7 Å². The summed E-state index contributed by atoms with van der Waals surface area (Å²) in [7, 11) is 3.08. The van der Waals surface area contributed by atoms with Crippen molar-refractivity contribution < 1.29 is 13.9 Å². The van der Waals surface area contributed by atoms with Crippen LogP contribution in [-0.2, 0) is 0 Å². The molecule has 0 radical (unpaired) electrons. The molecular weight excluding hydrogens is 301 g/mol. The molecule has 0 aliphatic carbocycles. The number of hydrogen-bond acceptors (Lipinski definition) is 4. The van der Waals surface area contributed by atoms with Crippen molar-refractivity contribution in [3.8, 4) is 33.3 Å². The number of halogens is 1. The molecule has 3 aromatic rings. The minimum Gasteiger partial charge on any atom is -0.496 e. The van der Waals surface area contributed by atoms with E-state index in [2.05, 4.69) is 4.98 Å². The third-order valence-corrected chi connectivity index (χ3v) is 4.16. The lowest BCUT2D eigenvalue weighted by molar-refractivity contribution is 0.386. The van der Waals surface area contributed by atoms with Crippen LogP contribution in [0.4, 0.5) is 4.39 Å². The topological polar surface area (TPSA) is 31.4 Å². The van der Waals surface area contributed by atoms with E-state index >= 15 is 0 Å². The summed E-state index contributed by atoms with van der Waals surface area (Å²) in [6.07, 6.45) is 0. The van der Waals surface area contributed by atoms with E-state index in [1.807, 2.05) is 29.6 Å². The van der Waals surface area contributed by atoms with Gasteiger partial charge in [-0.05, 0) is 30.3 Å². The first kappa shape index (κ1) is 14.5. The molecule has 22 heavy (non-hydrogen) atoms. The Morgan fingerprint density at radius 1 is 1.00 bits per heavy atom. The van der Waals surface area contributed by atoms with Gasteiger partial charge < -0.3 is 9.47 Å². The second-order valence-corrected chi connectivity index (χ2v) is 5.45. The number of para-hydroxylation sites is 1. The summed E-state index contributed by atoms with van der Waals surface area (Å²) in [5, 5.41) is 2.74. The SMILES string of the molecule is COc1ccc(-c2csc(-c3ccccc3OC)n2)cc1F. The highest BCUT2D eigenvalue weighted by Crippen LogP contribution is 2.35. The summed E-state index contributed by atoms with van der Waals surface area (Å²) in [5.41, 5.74) is 2.37. The molecule has 0 spiro atoms. The summed E-state index contributed by atoms with van der Waals surface area (Å²) < 4.78 is 24.1. The van der Waals surface area contributed by atoms with Crippen LogP contribution in [0.3, 0.4) is 0 Å². The van der Waals surface area contributed by atoms with Crippen molar-refractivity contribution in [2.45, 2.75) is 0 Å². The van der Waals surface area contributed by atoms with Crippen molar-refractivity contribution in [2.75, 3.05) is 14.2 Å². The number of thiazole rings is 1. The Labute approximate surface area is 132 Å². The maximum absolute atomic E-state index is 13.8. The summed E-state index contributed by atoms with van der Waals surface area (Å²) in [6, 6.07) is 12.5. The Morgan fingerprint density at radius 3 is 2.50 bits per heavy atom. The Morgan fingerprint density at radius 2 is 1.77 bits per heavy atom. The zero-order valence-corrected chi connectivity index (χ0v) is 13.0. The lowest BCUT2D eigenvalue weighted by atomic mass is 10.1. The number of ether oxygens (including phenoxy) is 2. The standard InChI is InChI=1S/C17H14FNO2S/c1-20-15-6-4-3-5-12(15)17-19-14(10-22-17)11-7-8-16(21-2)13(18)9-11/h3-10H,1-2H3. The maximum atomic E-state index is 13.8. The van der Waals surface area contributed by atoms with Crippen molar-refractivity contribution in [1.82, 2.24) is 4.98 Å². The van der Waals surface area contributed by atoms with Crippen LogP contribution >= 0.6 is 11.3 Å². The normalized spacial score (nSPS) is 10.5. The zero-order valence-electron chi connectivity index (χ0n) is 12.2. The summed E-state index contributed by atoms with van der Waals surface area (Å²) in [4.78, 5) is 4.59. The van der Waals surface area contributed by atoms with Gasteiger partial charge in [0.1, 0.15) is 10.8 Å². The molecule has 0 bridgehead atoms. The lowest BCUT2D eigenvalue weighted by Gasteiger charge is -2.05. The van der Waals surface area contributed by atoms with E-state index in [1.54, 1.807) is 19.2 Å². The van der Waals surface area contributed by atoms with Crippen LogP contribution in [0.2, 0.25) is 0 Å². The van der Waals surface area contributed by atoms with E-state index in [-0.39, 0.29) is 5.75 Å². The fourth-order valence-electron chi connectivity index (χ4n) is 2.18. The van der Waals surface area contributed by atoms with Crippen LogP contribution in [0.1, 0.15) is 0 Å². The molecule has 0 saturated carbocycles. The molecule has 2 aromatic carbocycles. The van der Waals surface area contributed by atoms with Crippen LogP contribution in [-0.4, -0.2) is 19.2 Å². The number of aromatic nitrogens is 1. The predicted octanol–water partition coefficient (Wildman–Crippen LogP) is 4.63. The number of benzene rings is 2. The average Bonchev–Trinajstić information content (AvgIpc) is 3.04. The molecule has 0 atom stereocenters. The lowest BCUT2D eigenvalue weighted by Crippen LogP contribution is -1.89. The maximum Gasteiger partial charge on any atom is 0.165 e. The van der Waals surface area contributed by atoms with Crippen LogP contribution in [0, 0.1) is 5.82 Å². The van der Waals surface area contributed by atoms with Crippen molar-refractivity contribution in [1.29, 1.82) is 0 Å². The third-order valence-electron chi connectivity index (χ3n) is 3.29. The van der Waals surface area contributed by atoms with Gasteiger partial charge in [-0.3, -0.25) is 0 Å². The summed E-state index contributed by atoms with van der Waals surface area (Å²) in [5.74, 6) is 0.597. The Kier molecular flexibility index (Phi) is 4.06. The van der Waals surface area contributed by atoms with Gasteiger partial charge in [-0.25, -0.2) is 9.37 Å². The molecule has 3 rings (SSSR count). The molecule has 112 valence electrons. The third kappa shape index (κ3) is 2.67. The molecule has 0 aliphatic heterocycles. The van der Waals surface area contributed by atoms with Gasteiger partial charge >= 0.3 is 0 Å². The molecule has 0 N–H and O–H groups in total. The van der Waals surface area contributed by atoms with E-state index < -0.39 is 5.82 Å². The van der Waals surface area contributed by atoms with Crippen LogP contribution < -0.4 is 9.47 Å². The predicted molar refractivity (Wildman–Crippen MR) is 86.0 cm³/mol. The second kappa shape index (κ2) is 6.15. The summed E-state index contributed by atoms with van der Waals surface area (Å²) >= 11 is 1.50. The monoisotopic (exact) mass is 315 g/mol. The smallest absolute Gasteiger partial charge is 0.165 e. The zero-order chi connectivity index (χ0) is 15.5. The minimum atomic E-state index is -0.396. The van der Waals surface area contributed by atoms with Gasteiger partial charge in [0.2, 0.25) is 0 Å². The highest BCUT2D eigenvalue weighted by atomic mass is 32.1. The first-order valence-electron chi connectivity index (χ1n) is 6.65. The summed E-state index contributed by atoms with van der Waals surface area (Å²) in [6.45, 7) is 0. The van der Waals surface area contributed by atoms with Crippen LogP contribution in [0.15, 0.2) is 47.8 Å². The molecule has 5 heteroatoms. The van der Waals surface area contributed by atoms with E-state index in [0.29, 0.717) is 0 Å². The van der Waals surface area contributed by atoms with Gasteiger partial charge in [-0.2, -0.15) is 0 Å². The second-order valence-electron chi connectivity index (χ2n) is 4.59. The van der Waals surface area contributed by atoms with Crippen molar-refractivity contribution in [3.63, 3.8) is 0 Å². The van der Waals surface area contributed by atoms with Gasteiger partial charge in [-0.15, -0.1) is 11.3 Å². The Bertz CT molecular complexity index is 801. The average molecular weight is 315 g/mol. The Hall–Kier alpha value is -2.40. The Balaban J connectivity index is 1.99. The van der Waals surface area contributed by atoms with Crippen molar-refractivity contribution in [2.24, 2.45) is 0 Å². The highest BCUT2D eigenvalue weighted by Gasteiger charge is 2.12. The molecular formula is C17H14FNO2S. The first-order valence-corrected chi connectivity index (χ1v) is 7.53. The molecule has 0 unspecified atom stereocenters. The highest BCUT2D eigenvalue weighted by molar-refractivity contribution is 7.13. The molecule has 0 amide bonds. The number of rotatable bonds is 4. The van der Waals surface area contributed by atoms with Gasteiger partial charge in [0.15, 0.2) is 11.6 Å². The number of nitrogens with zero attached hydrogens (tertiary/aromatic N) is 1. The quantitative estimate of drug-likeness (QED) is 0.703. The molecule has 1 heterocycles. The molecule has 1 aromatic heterocycles. The molecule has 0 aliphatic rings. The van der Waals surface area contributed by atoms with Gasteiger partial charge in [0.25, 0.3) is 0 Å². The number of methoxy groups -OCH3 is 2. The van der Waals surface area contributed by atoms with E-state index in [9.17, 15) is 4.39 Å². The van der Waals surface area contributed by atoms with E-state index in [1.165, 1.54) is 24.5 Å². The van der Waals surface area contributed by atoms with E-state index in [4.69, 9.17) is 9.47 Å². The first-order chi connectivity index (χ1) is 10.7. The van der Waals surface area contributed by atoms with Gasteiger partial charge in [0.05, 0.1) is 25.5 Å². The van der Waals surface area contributed by atoms with Gasteiger partial charge in [0, 0.05) is 10.9 Å².